The molecule has 0 aliphatic rings. The average Bonchev–Trinajstić information content (AvgIpc) is 3.37. The molecule has 27 heavy (non-hydrogen) atoms. The van der Waals surface area contributed by atoms with E-state index in [4.69, 9.17) is 20.8 Å². The van der Waals surface area contributed by atoms with E-state index in [0.717, 1.165) is 10.8 Å². The first-order valence-corrected chi connectivity index (χ1v) is 9.74. The molecule has 5 nitrogen and oxygen atoms in total. The van der Waals surface area contributed by atoms with Gasteiger partial charge < -0.3 is 9.15 Å². The zero-order chi connectivity index (χ0) is 18.5. The number of nitrogens with zero attached hydrogens (tertiary/aromatic N) is 3. The van der Waals surface area contributed by atoms with Crippen LogP contribution in [-0.4, -0.2) is 27.1 Å². The van der Waals surface area contributed by atoms with Crippen LogP contribution in [0.5, 0.6) is 5.75 Å². The molecule has 0 saturated carbocycles. The van der Waals surface area contributed by atoms with Crippen molar-refractivity contribution in [2.24, 2.45) is 0 Å². The lowest BCUT2D eigenvalue weighted by atomic mass is 10.3. The van der Waals surface area contributed by atoms with Crippen LogP contribution in [0.25, 0.3) is 17.3 Å². The minimum Gasteiger partial charge on any atom is -0.491 e. The van der Waals surface area contributed by atoms with Crippen LogP contribution in [0.15, 0.2) is 82.6 Å². The molecule has 0 fully saturated rings. The van der Waals surface area contributed by atoms with Crippen molar-refractivity contribution >= 4 is 23.4 Å². The second kappa shape index (κ2) is 8.33. The van der Waals surface area contributed by atoms with Crippen LogP contribution >= 0.6 is 23.4 Å². The van der Waals surface area contributed by atoms with Gasteiger partial charge in [-0.3, -0.25) is 4.57 Å². The van der Waals surface area contributed by atoms with E-state index in [2.05, 4.69) is 10.2 Å². The molecule has 0 spiro atoms. The maximum absolute atomic E-state index is 6.12. The highest BCUT2D eigenvalue weighted by molar-refractivity contribution is 7.99. The van der Waals surface area contributed by atoms with Crippen molar-refractivity contribution < 1.29 is 9.15 Å². The number of hydrogen-bond donors (Lipinski definition) is 0. The van der Waals surface area contributed by atoms with Crippen LogP contribution in [0.1, 0.15) is 0 Å². The van der Waals surface area contributed by atoms with Crippen molar-refractivity contribution in [3.05, 3.63) is 78.0 Å². The molecule has 4 rings (SSSR count). The van der Waals surface area contributed by atoms with Crippen molar-refractivity contribution in [1.82, 2.24) is 14.8 Å². The molecule has 2 heterocycles. The second-order valence-electron chi connectivity index (χ2n) is 5.58. The largest absolute Gasteiger partial charge is 0.491 e. The number of para-hydroxylation sites is 2. The molecule has 0 bridgehead atoms. The molecule has 0 N–H and O–H groups in total. The molecule has 0 amide bonds. The van der Waals surface area contributed by atoms with Crippen LogP contribution < -0.4 is 4.74 Å². The Morgan fingerprint density at radius 3 is 2.56 bits per heavy atom. The van der Waals surface area contributed by atoms with Crippen LogP contribution in [0.4, 0.5) is 0 Å². The van der Waals surface area contributed by atoms with E-state index in [9.17, 15) is 0 Å². The third-order valence-electron chi connectivity index (χ3n) is 3.80. The molecule has 136 valence electrons. The third kappa shape index (κ3) is 4.02. The van der Waals surface area contributed by atoms with Crippen molar-refractivity contribution in [2.75, 3.05) is 12.4 Å². The Bertz CT molecular complexity index is 1000. The van der Waals surface area contributed by atoms with Gasteiger partial charge in [0.25, 0.3) is 0 Å². The summed E-state index contributed by atoms with van der Waals surface area (Å²) >= 11 is 7.68. The smallest absolute Gasteiger partial charge is 0.205 e. The highest BCUT2D eigenvalue weighted by Gasteiger charge is 2.17. The minimum atomic E-state index is 0.506. The highest BCUT2D eigenvalue weighted by atomic mass is 35.5. The predicted octanol–water partition coefficient (Wildman–Crippen LogP) is 5.35. The van der Waals surface area contributed by atoms with Gasteiger partial charge in [0.1, 0.15) is 5.75 Å². The number of aromatic nitrogens is 3. The van der Waals surface area contributed by atoms with Crippen molar-refractivity contribution in [3.63, 3.8) is 0 Å². The standard InChI is InChI=1S/C20H16ClN3O2S/c21-16-9-4-5-10-17(16)26-13-14-27-20-23-22-19(18-11-6-12-25-18)24(20)15-7-2-1-3-8-15/h1-12H,13-14H2. The summed E-state index contributed by atoms with van der Waals surface area (Å²) in [5.41, 5.74) is 0.975. The average molecular weight is 398 g/mol. The Labute approximate surface area is 165 Å². The summed E-state index contributed by atoms with van der Waals surface area (Å²) in [5.74, 6) is 2.72. The van der Waals surface area contributed by atoms with Gasteiger partial charge >= 0.3 is 0 Å². The topological polar surface area (TPSA) is 53.1 Å². The molecule has 2 aromatic carbocycles. The maximum atomic E-state index is 6.12. The predicted molar refractivity (Wildman–Crippen MR) is 107 cm³/mol. The molecule has 0 aliphatic heterocycles. The zero-order valence-corrected chi connectivity index (χ0v) is 15.9. The van der Waals surface area contributed by atoms with Gasteiger partial charge in [0, 0.05) is 11.4 Å². The SMILES string of the molecule is Clc1ccccc1OCCSc1nnc(-c2ccco2)n1-c1ccccc1. The van der Waals surface area contributed by atoms with E-state index >= 15 is 0 Å². The van der Waals surface area contributed by atoms with E-state index in [-0.39, 0.29) is 0 Å². The number of rotatable bonds is 7. The molecule has 0 unspecified atom stereocenters. The lowest BCUT2D eigenvalue weighted by Crippen LogP contribution is -2.03. The number of hydrogen-bond acceptors (Lipinski definition) is 5. The first-order valence-electron chi connectivity index (χ1n) is 8.38. The fraction of sp³-hybridized carbons (Fsp3) is 0.100. The van der Waals surface area contributed by atoms with Gasteiger partial charge in [-0.25, -0.2) is 0 Å². The summed E-state index contributed by atoms with van der Waals surface area (Å²) in [4.78, 5) is 0. The molecule has 0 aliphatic carbocycles. The molecular formula is C20H16ClN3O2S. The van der Waals surface area contributed by atoms with E-state index in [1.54, 1.807) is 18.0 Å². The first-order chi connectivity index (χ1) is 13.3. The molecule has 0 atom stereocenters. The van der Waals surface area contributed by atoms with Gasteiger partial charge in [0.15, 0.2) is 10.9 Å². The van der Waals surface area contributed by atoms with E-state index in [0.29, 0.717) is 34.7 Å². The zero-order valence-electron chi connectivity index (χ0n) is 14.3. The molecule has 0 radical (unpaired) electrons. The second-order valence-corrected chi connectivity index (χ2v) is 7.05. The highest BCUT2D eigenvalue weighted by Crippen LogP contribution is 2.28. The van der Waals surface area contributed by atoms with Crippen LogP contribution in [0.2, 0.25) is 5.02 Å². The van der Waals surface area contributed by atoms with Gasteiger partial charge in [0.05, 0.1) is 17.9 Å². The Morgan fingerprint density at radius 2 is 1.78 bits per heavy atom. The van der Waals surface area contributed by atoms with Crippen LogP contribution in [0, 0.1) is 0 Å². The van der Waals surface area contributed by atoms with Crippen LogP contribution in [-0.2, 0) is 0 Å². The lowest BCUT2D eigenvalue weighted by Gasteiger charge is -2.10. The van der Waals surface area contributed by atoms with Gasteiger partial charge in [-0.1, -0.05) is 53.7 Å². The summed E-state index contributed by atoms with van der Waals surface area (Å²) in [6.45, 7) is 0.506. The fourth-order valence-corrected chi connectivity index (χ4v) is 3.54. The Hall–Kier alpha value is -2.70. The fourth-order valence-electron chi connectivity index (χ4n) is 2.59. The van der Waals surface area contributed by atoms with Gasteiger partial charge in [-0.2, -0.15) is 0 Å². The monoisotopic (exact) mass is 397 g/mol. The number of ether oxygens (including phenoxy) is 1. The number of thioether (sulfide) groups is 1. The summed E-state index contributed by atoms with van der Waals surface area (Å²) in [6.07, 6.45) is 1.63. The van der Waals surface area contributed by atoms with Crippen molar-refractivity contribution in [2.45, 2.75) is 5.16 Å². The van der Waals surface area contributed by atoms with Crippen molar-refractivity contribution in [1.29, 1.82) is 0 Å². The van der Waals surface area contributed by atoms with E-state index < -0.39 is 0 Å². The number of halogens is 1. The Balaban J connectivity index is 1.52. The summed E-state index contributed by atoms with van der Waals surface area (Å²) < 4.78 is 13.3. The lowest BCUT2D eigenvalue weighted by molar-refractivity contribution is 0.344. The minimum absolute atomic E-state index is 0.506. The molecule has 4 aromatic rings. The van der Waals surface area contributed by atoms with Gasteiger partial charge in [-0.15, -0.1) is 10.2 Å². The van der Waals surface area contributed by atoms with E-state index in [1.807, 2.05) is 71.3 Å². The summed E-state index contributed by atoms with van der Waals surface area (Å²) in [7, 11) is 0. The van der Waals surface area contributed by atoms with Gasteiger partial charge in [-0.05, 0) is 36.4 Å². The third-order valence-corrected chi connectivity index (χ3v) is 5.00. The van der Waals surface area contributed by atoms with Crippen molar-refractivity contribution in [3.8, 4) is 23.0 Å². The summed E-state index contributed by atoms with van der Waals surface area (Å²) in [5, 5.41) is 10.0. The quantitative estimate of drug-likeness (QED) is 0.310. The maximum Gasteiger partial charge on any atom is 0.205 e. The molecule has 2 aromatic heterocycles. The molecule has 7 heteroatoms. The Morgan fingerprint density at radius 1 is 0.963 bits per heavy atom. The number of furan rings is 1. The first kappa shape index (κ1) is 17.7. The number of benzene rings is 2. The molecular weight excluding hydrogens is 382 g/mol. The normalized spacial score (nSPS) is 10.9. The summed E-state index contributed by atoms with van der Waals surface area (Å²) in [6, 6.07) is 21.1. The molecule has 0 saturated heterocycles. The van der Waals surface area contributed by atoms with E-state index in [1.165, 1.54) is 0 Å². The Kier molecular flexibility index (Phi) is 5.46. The van der Waals surface area contributed by atoms with Gasteiger partial charge in [0.2, 0.25) is 5.82 Å². The van der Waals surface area contributed by atoms with Crippen LogP contribution in [0.3, 0.4) is 0 Å².